The van der Waals surface area contributed by atoms with Crippen LogP contribution in [0.3, 0.4) is 0 Å². The third-order valence-corrected chi connectivity index (χ3v) is 6.23. The second-order valence-corrected chi connectivity index (χ2v) is 8.27. The lowest BCUT2D eigenvalue weighted by Crippen LogP contribution is -2.33. The minimum Gasteiger partial charge on any atom is -0.492 e. The van der Waals surface area contributed by atoms with Crippen molar-refractivity contribution >= 4 is 27.5 Å². The van der Waals surface area contributed by atoms with Crippen molar-refractivity contribution in [1.29, 1.82) is 0 Å². The lowest BCUT2D eigenvalue weighted by Gasteiger charge is -2.21. The molecule has 0 N–H and O–H groups in total. The number of nitrogens with zero attached hydrogens (tertiary/aromatic N) is 2. The van der Waals surface area contributed by atoms with Gasteiger partial charge in [-0.3, -0.25) is 4.79 Å². The second kappa shape index (κ2) is 7.72. The standard InChI is InChI=1S/C16H23ClN2O4S/c1-4-19-11-12(8-16(19)20)10-18(3)24(21,22)13-6-7-14(17)15(9-13)23-5-2/h6-7,9,12H,4-5,8,10-11H2,1-3H3. The predicted molar refractivity (Wildman–Crippen MR) is 92.8 cm³/mol. The van der Waals surface area contributed by atoms with E-state index < -0.39 is 10.0 Å². The molecule has 2 rings (SSSR count). The van der Waals surface area contributed by atoms with Gasteiger partial charge in [0.05, 0.1) is 16.5 Å². The molecule has 0 aromatic heterocycles. The number of sulfonamides is 1. The van der Waals surface area contributed by atoms with Gasteiger partial charge >= 0.3 is 0 Å². The van der Waals surface area contributed by atoms with Gasteiger partial charge in [-0.25, -0.2) is 12.7 Å². The summed E-state index contributed by atoms with van der Waals surface area (Å²) in [7, 11) is -2.13. The molecule has 1 fully saturated rings. The van der Waals surface area contributed by atoms with Crippen molar-refractivity contribution in [1.82, 2.24) is 9.21 Å². The van der Waals surface area contributed by atoms with Gasteiger partial charge in [-0.05, 0) is 31.9 Å². The number of rotatable bonds is 7. The molecular weight excluding hydrogens is 352 g/mol. The fourth-order valence-electron chi connectivity index (χ4n) is 2.83. The van der Waals surface area contributed by atoms with Crippen LogP contribution in [0.1, 0.15) is 20.3 Å². The Balaban J connectivity index is 2.15. The summed E-state index contributed by atoms with van der Waals surface area (Å²) in [4.78, 5) is 13.7. The first-order valence-electron chi connectivity index (χ1n) is 7.96. The average Bonchev–Trinajstić information content (AvgIpc) is 2.89. The Bertz CT molecular complexity index is 708. The van der Waals surface area contributed by atoms with Crippen LogP contribution in [0.15, 0.2) is 23.1 Å². The van der Waals surface area contributed by atoms with Gasteiger partial charge in [-0.15, -0.1) is 0 Å². The summed E-state index contributed by atoms with van der Waals surface area (Å²) in [6.45, 7) is 5.68. The third kappa shape index (κ3) is 4.02. The first-order chi connectivity index (χ1) is 11.3. The van der Waals surface area contributed by atoms with Crippen molar-refractivity contribution < 1.29 is 17.9 Å². The monoisotopic (exact) mass is 374 g/mol. The lowest BCUT2D eigenvalue weighted by atomic mass is 10.1. The maximum absolute atomic E-state index is 12.7. The van der Waals surface area contributed by atoms with Gasteiger partial charge in [-0.1, -0.05) is 11.6 Å². The summed E-state index contributed by atoms with van der Waals surface area (Å²) >= 11 is 6.01. The molecule has 1 aliphatic rings. The summed E-state index contributed by atoms with van der Waals surface area (Å²) in [5, 5.41) is 0.374. The number of benzene rings is 1. The molecule has 24 heavy (non-hydrogen) atoms. The van der Waals surface area contributed by atoms with E-state index in [1.165, 1.54) is 29.6 Å². The Morgan fingerprint density at radius 1 is 1.38 bits per heavy atom. The molecule has 1 aromatic carbocycles. The minimum absolute atomic E-state index is 0.0101. The molecule has 1 atom stereocenters. The Morgan fingerprint density at radius 3 is 2.67 bits per heavy atom. The zero-order valence-corrected chi connectivity index (χ0v) is 15.7. The van der Waals surface area contributed by atoms with Crippen molar-refractivity contribution in [2.75, 3.05) is 33.3 Å². The Morgan fingerprint density at radius 2 is 2.08 bits per heavy atom. The topological polar surface area (TPSA) is 66.9 Å². The summed E-state index contributed by atoms with van der Waals surface area (Å²) < 4.78 is 32.2. The second-order valence-electron chi connectivity index (χ2n) is 5.81. The highest BCUT2D eigenvalue weighted by Crippen LogP contribution is 2.29. The molecule has 1 unspecified atom stereocenters. The van der Waals surface area contributed by atoms with Crippen molar-refractivity contribution in [2.24, 2.45) is 5.92 Å². The lowest BCUT2D eigenvalue weighted by molar-refractivity contribution is -0.127. The van der Waals surface area contributed by atoms with Crippen molar-refractivity contribution in [3.63, 3.8) is 0 Å². The van der Waals surface area contributed by atoms with E-state index in [-0.39, 0.29) is 16.7 Å². The molecular formula is C16H23ClN2O4S. The zero-order chi connectivity index (χ0) is 17.9. The Kier molecular flexibility index (Phi) is 6.11. The number of hydrogen-bond donors (Lipinski definition) is 0. The van der Waals surface area contributed by atoms with Crippen LogP contribution in [-0.2, 0) is 14.8 Å². The summed E-state index contributed by atoms with van der Waals surface area (Å²) in [5.41, 5.74) is 0. The van der Waals surface area contributed by atoms with Gasteiger partial charge in [-0.2, -0.15) is 0 Å². The van der Waals surface area contributed by atoms with Gasteiger partial charge in [0.25, 0.3) is 0 Å². The molecule has 0 spiro atoms. The zero-order valence-electron chi connectivity index (χ0n) is 14.2. The van der Waals surface area contributed by atoms with E-state index in [2.05, 4.69) is 0 Å². The number of halogens is 1. The third-order valence-electron chi connectivity index (χ3n) is 4.10. The summed E-state index contributed by atoms with van der Waals surface area (Å²) in [5.74, 6) is 0.441. The van der Waals surface area contributed by atoms with Crippen LogP contribution < -0.4 is 4.74 Å². The van der Waals surface area contributed by atoms with E-state index in [0.717, 1.165) is 0 Å². The summed E-state index contributed by atoms with van der Waals surface area (Å²) in [6, 6.07) is 4.43. The average molecular weight is 375 g/mol. The maximum Gasteiger partial charge on any atom is 0.242 e. The largest absolute Gasteiger partial charge is 0.492 e. The molecule has 0 aliphatic carbocycles. The molecule has 1 aliphatic heterocycles. The molecule has 0 bridgehead atoms. The van der Waals surface area contributed by atoms with Gasteiger partial charge in [0.1, 0.15) is 5.75 Å². The van der Waals surface area contributed by atoms with Crippen LogP contribution in [0.5, 0.6) is 5.75 Å². The van der Waals surface area contributed by atoms with E-state index in [4.69, 9.17) is 16.3 Å². The fourth-order valence-corrected chi connectivity index (χ4v) is 4.27. The first kappa shape index (κ1) is 19.0. The smallest absolute Gasteiger partial charge is 0.242 e. The molecule has 6 nitrogen and oxygen atoms in total. The first-order valence-corrected chi connectivity index (χ1v) is 9.77. The highest BCUT2D eigenvalue weighted by atomic mass is 35.5. The van der Waals surface area contributed by atoms with E-state index in [9.17, 15) is 13.2 Å². The van der Waals surface area contributed by atoms with E-state index in [1.807, 2.05) is 6.92 Å². The summed E-state index contributed by atoms with van der Waals surface area (Å²) in [6.07, 6.45) is 0.387. The minimum atomic E-state index is -3.66. The van der Waals surface area contributed by atoms with E-state index in [0.29, 0.717) is 43.4 Å². The highest BCUT2D eigenvalue weighted by molar-refractivity contribution is 7.89. The quantitative estimate of drug-likeness (QED) is 0.734. The number of ether oxygens (including phenoxy) is 1. The van der Waals surface area contributed by atoms with Crippen LogP contribution in [0.4, 0.5) is 0 Å². The molecule has 0 saturated carbocycles. The van der Waals surface area contributed by atoms with Crippen LogP contribution in [0.2, 0.25) is 5.02 Å². The molecule has 1 aromatic rings. The van der Waals surface area contributed by atoms with Gasteiger partial charge in [0, 0.05) is 39.2 Å². The van der Waals surface area contributed by atoms with Crippen LogP contribution in [-0.4, -0.2) is 56.8 Å². The number of carbonyl (C=O) groups is 1. The molecule has 0 radical (unpaired) electrons. The van der Waals surface area contributed by atoms with Crippen LogP contribution in [0.25, 0.3) is 0 Å². The van der Waals surface area contributed by atoms with Crippen molar-refractivity contribution in [2.45, 2.75) is 25.2 Å². The Hall–Kier alpha value is -1.31. The van der Waals surface area contributed by atoms with E-state index in [1.54, 1.807) is 11.8 Å². The fraction of sp³-hybridized carbons (Fsp3) is 0.562. The van der Waals surface area contributed by atoms with Crippen molar-refractivity contribution in [3.05, 3.63) is 23.2 Å². The number of amides is 1. The number of hydrogen-bond acceptors (Lipinski definition) is 4. The van der Waals surface area contributed by atoms with Crippen LogP contribution >= 0.6 is 11.6 Å². The predicted octanol–water partition coefficient (Wildman–Crippen LogP) is 2.23. The van der Waals surface area contributed by atoms with Gasteiger partial charge < -0.3 is 9.64 Å². The molecule has 1 saturated heterocycles. The SMILES string of the molecule is CCOc1cc(S(=O)(=O)N(C)CC2CC(=O)N(CC)C2)ccc1Cl. The van der Waals surface area contributed by atoms with Crippen molar-refractivity contribution in [3.8, 4) is 5.75 Å². The number of carbonyl (C=O) groups excluding carboxylic acids is 1. The molecule has 8 heteroatoms. The molecule has 1 amide bonds. The normalized spacial score (nSPS) is 18.5. The van der Waals surface area contributed by atoms with Gasteiger partial charge in [0.15, 0.2) is 0 Å². The molecule has 1 heterocycles. The highest BCUT2D eigenvalue weighted by Gasteiger charge is 2.32. The molecule has 134 valence electrons. The number of likely N-dealkylation sites (tertiary alicyclic amines) is 1. The van der Waals surface area contributed by atoms with E-state index >= 15 is 0 Å². The maximum atomic E-state index is 12.7. The van der Waals surface area contributed by atoms with Crippen LogP contribution in [0, 0.1) is 5.92 Å². The van der Waals surface area contributed by atoms with Gasteiger partial charge in [0.2, 0.25) is 15.9 Å². The Labute approximate surface area is 148 Å².